The number of amides is 1. The number of aromatic nitrogens is 2. The largest absolute Gasteiger partial charge is 0.369 e. The van der Waals surface area contributed by atoms with Gasteiger partial charge in [0, 0.05) is 28.1 Å². The van der Waals surface area contributed by atoms with E-state index in [1.807, 2.05) is 30.3 Å². The maximum atomic E-state index is 12.6. The van der Waals surface area contributed by atoms with Crippen molar-refractivity contribution in [1.29, 1.82) is 0 Å². The van der Waals surface area contributed by atoms with Crippen LogP contribution in [0.15, 0.2) is 40.5 Å². The Morgan fingerprint density at radius 3 is 2.77 bits per heavy atom. The molecule has 2 aromatic heterocycles. The van der Waals surface area contributed by atoms with Crippen LogP contribution in [0.25, 0.3) is 10.2 Å². The number of carbonyl (C=O) groups is 1. The Bertz CT molecular complexity index is 1070. The van der Waals surface area contributed by atoms with E-state index in [-0.39, 0.29) is 11.5 Å². The van der Waals surface area contributed by atoms with Crippen LogP contribution in [0.5, 0.6) is 0 Å². The first-order chi connectivity index (χ1) is 15.0. The Balaban J connectivity index is 1.63. The molecule has 1 atom stereocenters. The molecule has 164 valence electrons. The van der Waals surface area contributed by atoms with E-state index < -0.39 is 0 Å². The number of rotatable bonds is 8. The normalized spacial score (nSPS) is 18.2. The average molecular weight is 474 g/mol. The first-order valence-electron chi connectivity index (χ1n) is 10.6. The number of ether oxygens (including phenoxy) is 1. The third-order valence-electron chi connectivity index (χ3n) is 5.36. The van der Waals surface area contributed by atoms with E-state index in [0.29, 0.717) is 12.4 Å². The number of thiophene rings is 1. The second kappa shape index (κ2) is 9.90. The fraction of sp³-hybridized carbons (Fsp3) is 0.435. The minimum Gasteiger partial charge on any atom is -0.369 e. The molecule has 1 aromatic carbocycles. The number of nitrogens with zero attached hydrogens (tertiary/aromatic N) is 2. The van der Waals surface area contributed by atoms with E-state index in [9.17, 15) is 4.79 Å². The minimum absolute atomic E-state index is 0.0310. The number of carbonyl (C=O) groups excluding carboxylic acids is 1. The highest BCUT2D eigenvalue weighted by Gasteiger charge is 2.33. The maximum Gasteiger partial charge on any atom is 0.234 e. The van der Waals surface area contributed by atoms with Gasteiger partial charge in [0.25, 0.3) is 0 Å². The lowest BCUT2D eigenvalue weighted by Crippen LogP contribution is -2.33. The van der Waals surface area contributed by atoms with Gasteiger partial charge in [0.15, 0.2) is 5.16 Å². The van der Waals surface area contributed by atoms with Gasteiger partial charge in [0.05, 0.1) is 18.0 Å². The van der Waals surface area contributed by atoms with Crippen LogP contribution in [0.2, 0.25) is 0 Å². The molecule has 3 aromatic rings. The van der Waals surface area contributed by atoms with Crippen LogP contribution in [-0.2, 0) is 22.6 Å². The summed E-state index contributed by atoms with van der Waals surface area (Å²) in [5.74, 6) is 1.26. The second-order valence-corrected chi connectivity index (χ2v) is 10.9. The lowest BCUT2D eigenvalue weighted by Gasteiger charge is -2.33. The molecular weight excluding hydrogens is 446 g/mol. The molecule has 0 unspecified atom stereocenters. The van der Waals surface area contributed by atoms with Gasteiger partial charge in [0.1, 0.15) is 9.86 Å². The molecular formula is C23H27N3O2S3. The van der Waals surface area contributed by atoms with Crippen molar-refractivity contribution in [3.8, 4) is 0 Å². The zero-order chi connectivity index (χ0) is 21.8. The number of para-hydroxylation sites is 1. The van der Waals surface area contributed by atoms with Crippen molar-refractivity contribution in [3.05, 3.63) is 40.8 Å². The molecule has 8 heteroatoms. The number of anilines is 1. The van der Waals surface area contributed by atoms with Gasteiger partial charge in [-0.25, -0.2) is 9.97 Å². The monoisotopic (exact) mass is 473 g/mol. The van der Waals surface area contributed by atoms with E-state index in [2.05, 4.69) is 26.1 Å². The summed E-state index contributed by atoms with van der Waals surface area (Å²) < 4.78 is 6.16. The van der Waals surface area contributed by atoms with Crippen molar-refractivity contribution < 1.29 is 9.53 Å². The van der Waals surface area contributed by atoms with Crippen molar-refractivity contribution in [1.82, 2.24) is 9.97 Å². The molecule has 0 saturated heterocycles. The van der Waals surface area contributed by atoms with Gasteiger partial charge in [-0.05, 0) is 37.5 Å². The number of benzene rings is 1. The fourth-order valence-corrected chi connectivity index (χ4v) is 6.30. The van der Waals surface area contributed by atoms with Crippen molar-refractivity contribution in [2.45, 2.75) is 62.4 Å². The molecule has 0 spiro atoms. The molecule has 5 nitrogen and oxygen atoms in total. The molecule has 1 amide bonds. The highest BCUT2D eigenvalue weighted by molar-refractivity contribution is 8.00. The van der Waals surface area contributed by atoms with Crippen LogP contribution in [0, 0.1) is 0 Å². The second-order valence-electron chi connectivity index (χ2n) is 7.82. The predicted octanol–water partition coefficient (Wildman–Crippen LogP) is 6.17. The van der Waals surface area contributed by atoms with Gasteiger partial charge in [-0.15, -0.1) is 11.3 Å². The molecule has 1 N–H and O–H groups in total. The number of hydrogen-bond donors (Lipinski definition) is 1. The molecule has 1 aliphatic rings. The van der Waals surface area contributed by atoms with Crippen molar-refractivity contribution >= 4 is 56.7 Å². The van der Waals surface area contributed by atoms with Crippen LogP contribution >= 0.6 is 34.9 Å². The summed E-state index contributed by atoms with van der Waals surface area (Å²) in [7, 11) is 0. The first-order valence-corrected chi connectivity index (χ1v) is 13.4. The summed E-state index contributed by atoms with van der Waals surface area (Å²) in [6, 6.07) is 9.55. The van der Waals surface area contributed by atoms with E-state index in [4.69, 9.17) is 14.7 Å². The van der Waals surface area contributed by atoms with Crippen LogP contribution in [0.1, 0.15) is 44.1 Å². The molecule has 0 saturated carbocycles. The molecule has 3 heterocycles. The Morgan fingerprint density at radius 2 is 2.03 bits per heavy atom. The summed E-state index contributed by atoms with van der Waals surface area (Å²) in [4.78, 5) is 24.5. The number of nitrogens with one attached hydrogen (secondary N) is 1. The van der Waals surface area contributed by atoms with Crippen molar-refractivity contribution in [2.75, 3.05) is 16.8 Å². The summed E-state index contributed by atoms with van der Waals surface area (Å²) in [6.45, 7) is 7.11. The molecule has 4 rings (SSSR count). The van der Waals surface area contributed by atoms with Crippen molar-refractivity contribution in [2.24, 2.45) is 0 Å². The SMILES string of the molecule is CCCSc1nc(SCC(=O)Nc2ccccc2)c2c3c(sc2n1)CO[C@](C)(CC)C3. The Kier molecular flexibility index (Phi) is 7.21. The Hall–Kier alpha value is -1.61. The van der Waals surface area contributed by atoms with E-state index in [0.717, 1.165) is 51.1 Å². The smallest absolute Gasteiger partial charge is 0.234 e. The molecule has 1 aliphatic heterocycles. The molecule has 31 heavy (non-hydrogen) atoms. The fourth-order valence-electron chi connectivity index (χ4n) is 3.46. The third-order valence-corrected chi connectivity index (χ3v) is 8.49. The molecule has 0 fully saturated rings. The molecule has 0 radical (unpaired) electrons. The lowest BCUT2D eigenvalue weighted by atomic mass is 9.90. The first kappa shape index (κ1) is 22.6. The quantitative estimate of drug-likeness (QED) is 0.240. The van der Waals surface area contributed by atoms with Gasteiger partial charge in [-0.1, -0.05) is 55.6 Å². The maximum absolute atomic E-state index is 12.6. The van der Waals surface area contributed by atoms with Gasteiger partial charge in [0.2, 0.25) is 5.91 Å². The summed E-state index contributed by atoms with van der Waals surface area (Å²) >= 11 is 4.88. The van der Waals surface area contributed by atoms with Crippen LogP contribution < -0.4 is 5.32 Å². The molecule has 0 bridgehead atoms. The van der Waals surface area contributed by atoms with E-state index >= 15 is 0 Å². The number of thioether (sulfide) groups is 2. The van der Waals surface area contributed by atoms with Gasteiger partial charge in [-0.2, -0.15) is 0 Å². The average Bonchev–Trinajstić information content (AvgIpc) is 3.14. The Labute approximate surface area is 195 Å². The molecule has 0 aliphatic carbocycles. The van der Waals surface area contributed by atoms with Crippen LogP contribution in [0.3, 0.4) is 0 Å². The van der Waals surface area contributed by atoms with Crippen LogP contribution in [0.4, 0.5) is 5.69 Å². The number of hydrogen-bond acceptors (Lipinski definition) is 7. The van der Waals surface area contributed by atoms with Gasteiger partial charge >= 0.3 is 0 Å². The summed E-state index contributed by atoms with van der Waals surface area (Å²) in [5, 5.41) is 5.77. The zero-order valence-electron chi connectivity index (χ0n) is 18.1. The van der Waals surface area contributed by atoms with Crippen molar-refractivity contribution in [3.63, 3.8) is 0 Å². The summed E-state index contributed by atoms with van der Waals surface area (Å²) in [5.41, 5.74) is 1.95. The highest BCUT2D eigenvalue weighted by atomic mass is 32.2. The van der Waals surface area contributed by atoms with E-state index in [1.165, 1.54) is 22.2 Å². The summed E-state index contributed by atoms with van der Waals surface area (Å²) in [6.07, 6.45) is 2.88. The highest BCUT2D eigenvalue weighted by Crippen LogP contribution is 2.43. The van der Waals surface area contributed by atoms with Gasteiger partial charge < -0.3 is 10.1 Å². The zero-order valence-corrected chi connectivity index (χ0v) is 20.5. The lowest BCUT2D eigenvalue weighted by molar-refractivity contribution is -0.113. The van der Waals surface area contributed by atoms with Gasteiger partial charge in [-0.3, -0.25) is 4.79 Å². The minimum atomic E-state index is -0.163. The number of fused-ring (bicyclic) bond motifs is 3. The Morgan fingerprint density at radius 1 is 1.23 bits per heavy atom. The van der Waals surface area contributed by atoms with Crippen LogP contribution in [-0.4, -0.2) is 33.0 Å². The topological polar surface area (TPSA) is 64.1 Å². The van der Waals surface area contributed by atoms with E-state index in [1.54, 1.807) is 23.1 Å². The standard InChI is InChI=1S/C23H27N3O2S3/c1-4-11-29-22-25-20(30-14-18(27)24-15-9-7-6-8-10-15)19-16-12-23(3,5-2)28-13-17(16)31-21(19)26-22/h6-10H,4-5,11-14H2,1-3H3,(H,24,27)/t23-/m1/s1. The third kappa shape index (κ3) is 5.25. The predicted molar refractivity (Wildman–Crippen MR) is 131 cm³/mol.